The summed E-state index contributed by atoms with van der Waals surface area (Å²) in [5.74, 6) is -0.514. The minimum atomic E-state index is -0.555. The molecule has 1 aromatic carbocycles. The van der Waals surface area contributed by atoms with Crippen LogP contribution in [-0.4, -0.2) is 68.6 Å². The van der Waals surface area contributed by atoms with Gasteiger partial charge in [-0.05, 0) is 38.1 Å². The minimum absolute atomic E-state index is 0.0616. The number of nitrogens with zero attached hydrogens (tertiary/aromatic N) is 2. The number of methoxy groups -OCH3 is 1. The Labute approximate surface area is 143 Å². The van der Waals surface area contributed by atoms with Gasteiger partial charge in [0, 0.05) is 38.8 Å². The normalized spacial score (nSPS) is 16.1. The fraction of sp³-hybridized carbons (Fsp3) is 0.611. The molecule has 0 radical (unpaired) electrons. The number of amides is 1. The number of likely N-dealkylation sites (N-methyl/N-ethyl adjacent to an activating group) is 1. The van der Waals surface area contributed by atoms with E-state index in [1.165, 1.54) is 19.2 Å². The first-order chi connectivity index (χ1) is 11.6. The van der Waals surface area contributed by atoms with E-state index in [9.17, 15) is 9.18 Å². The highest BCUT2D eigenvalue weighted by Gasteiger charge is 2.15. The number of halogens is 1. The first-order valence-electron chi connectivity index (χ1n) is 8.70. The zero-order valence-corrected chi connectivity index (χ0v) is 14.7. The summed E-state index contributed by atoms with van der Waals surface area (Å²) >= 11 is 0. The molecule has 1 amide bonds. The fourth-order valence-corrected chi connectivity index (χ4v) is 2.89. The predicted octanol–water partition coefficient (Wildman–Crippen LogP) is 1.98. The van der Waals surface area contributed by atoms with Crippen LogP contribution in [0.5, 0.6) is 5.75 Å². The molecule has 1 saturated heterocycles. The Morgan fingerprint density at radius 3 is 2.54 bits per heavy atom. The van der Waals surface area contributed by atoms with E-state index in [0.29, 0.717) is 12.3 Å². The highest BCUT2D eigenvalue weighted by atomic mass is 19.1. The number of hydrogen-bond acceptors (Lipinski definition) is 4. The van der Waals surface area contributed by atoms with E-state index in [1.807, 2.05) is 0 Å². The number of ether oxygens (including phenoxy) is 1. The van der Waals surface area contributed by atoms with Crippen molar-refractivity contribution in [2.24, 2.45) is 0 Å². The fourth-order valence-electron chi connectivity index (χ4n) is 2.89. The lowest BCUT2D eigenvalue weighted by molar-refractivity contribution is 0.0947. The van der Waals surface area contributed by atoms with Gasteiger partial charge >= 0.3 is 0 Å². The molecule has 0 saturated carbocycles. The molecule has 0 aromatic heterocycles. The summed E-state index contributed by atoms with van der Waals surface area (Å²) in [4.78, 5) is 16.9. The molecule has 1 fully saturated rings. The van der Waals surface area contributed by atoms with Crippen LogP contribution in [0, 0.1) is 5.82 Å². The second-order valence-corrected chi connectivity index (χ2v) is 6.08. The van der Waals surface area contributed by atoms with Crippen LogP contribution in [-0.2, 0) is 0 Å². The van der Waals surface area contributed by atoms with Crippen molar-refractivity contribution in [3.8, 4) is 5.75 Å². The van der Waals surface area contributed by atoms with Crippen molar-refractivity contribution in [2.75, 3.05) is 52.9 Å². The molecule has 1 aliphatic rings. The zero-order chi connectivity index (χ0) is 17.4. The molecule has 0 atom stereocenters. The Balaban J connectivity index is 1.63. The Morgan fingerprint density at radius 2 is 1.92 bits per heavy atom. The first-order valence-corrected chi connectivity index (χ1v) is 8.70. The molecule has 134 valence electrons. The molecule has 2 rings (SSSR count). The monoisotopic (exact) mass is 337 g/mol. The Kier molecular flexibility index (Phi) is 7.46. The smallest absolute Gasteiger partial charge is 0.254 e. The maximum absolute atomic E-state index is 13.8. The number of hydrogen-bond donors (Lipinski definition) is 1. The van der Waals surface area contributed by atoms with Crippen LogP contribution in [0.2, 0.25) is 0 Å². The molecule has 24 heavy (non-hydrogen) atoms. The zero-order valence-electron chi connectivity index (χ0n) is 14.7. The molecule has 0 aliphatic carbocycles. The molecule has 1 aromatic rings. The van der Waals surface area contributed by atoms with Crippen molar-refractivity contribution >= 4 is 5.91 Å². The van der Waals surface area contributed by atoms with Gasteiger partial charge in [-0.2, -0.15) is 0 Å². The van der Waals surface area contributed by atoms with Crippen molar-refractivity contribution in [1.82, 2.24) is 15.1 Å². The van der Waals surface area contributed by atoms with E-state index in [-0.39, 0.29) is 11.5 Å². The lowest BCUT2D eigenvalue weighted by atomic mass is 10.2. The average Bonchev–Trinajstić information content (AvgIpc) is 2.61. The summed E-state index contributed by atoms with van der Waals surface area (Å²) < 4.78 is 18.7. The highest BCUT2D eigenvalue weighted by molar-refractivity contribution is 5.94. The third-order valence-electron chi connectivity index (χ3n) is 4.52. The molecule has 1 N–H and O–H groups in total. The Hall–Kier alpha value is -1.66. The van der Waals surface area contributed by atoms with Crippen LogP contribution in [0.3, 0.4) is 0 Å². The Morgan fingerprint density at radius 1 is 1.21 bits per heavy atom. The largest absolute Gasteiger partial charge is 0.497 e. The predicted molar refractivity (Wildman–Crippen MR) is 93.1 cm³/mol. The van der Waals surface area contributed by atoms with Crippen LogP contribution in [0.25, 0.3) is 0 Å². The van der Waals surface area contributed by atoms with Crippen LogP contribution in [0.15, 0.2) is 18.2 Å². The number of unbranched alkanes of at least 4 members (excludes halogenated alkanes) is 1. The quantitative estimate of drug-likeness (QED) is 0.737. The summed E-state index contributed by atoms with van der Waals surface area (Å²) in [6.07, 6.45) is 1.94. The number of carbonyl (C=O) groups excluding carboxylic acids is 1. The van der Waals surface area contributed by atoms with Crippen molar-refractivity contribution in [3.05, 3.63) is 29.6 Å². The third-order valence-corrected chi connectivity index (χ3v) is 4.52. The van der Waals surface area contributed by atoms with Gasteiger partial charge in [0.05, 0.1) is 12.7 Å². The van der Waals surface area contributed by atoms with E-state index in [1.54, 1.807) is 6.07 Å². The van der Waals surface area contributed by atoms with Gasteiger partial charge < -0.3 is 19.9 Å². The number of carbonyl (C=O) groups is 1. The summed E-state index contributed by atoms with van der Waals surface area (Å²) in [5, 5.41) is 2.78. The molecule has 0 spiro atoms. The third kappa shape index (κ3) is 5.46. The van der Waals surface area contributed by atoms with E-state index in [0.717, 1.165) is 52.1 Å². The Bertz CT molecular complexity index is 531. The van der Waals surface area contributed by atoms with Crippen LogP contribution < -0.4 is 10.1 Å². The maximum atomic E-state index is 13.8. The molecule has 5 nitrogen and oxygen atoms in total. The van der Waals surface area contributed by atoms with Gasteiger partial charge in [-0.3, -0.25) is 4.79 Å². The van der Waals surface area contributed by atoms with Crippen molar-refractivity contribution < 1.29 is 13.9 Å². The van der Waals surface area contributed by atoms with E-state index in [2.05, 4.69) is 22.0 Å². The average molecular weight is 337 g/mol. The van der Waals surface area contributed by atoms with Gasteiger partial charge in [0.2, 0.25) is 0 Å². The summed E-state index contributed by atoms with van der Waals surface area (Å²) in [7, 11) is 1.47. The molecule has 6 heteroatoms. The molecule has 0 bridgehead atoms. The van der Waals surface area contributed by atoms with Gasteiger partial charge in [-0.25, -0.2) is 4.39 Å². The van der Waals surface area contributed by atoms with E-state index in [4.69, 9.17) is 4.74 Å². The van der Waals surface area contributed by atoms with E-state index < -0.39 is 5.82 Å². The van der Waals surface area contributed by atoms with E-state index >= 15 is 0 Å². The number of benzene rings is 1. The van der Waals surface area contributed by atoms with Crippen LogP contribution in [0.4, 0.5) is 4.39 Å². The minimum Gasteiger partial charge on any atom is -0.497 e. The van der Waals surface area contributed by atoms with Gasteiger partial charge in [0.1, 0.15) is 11.6 Å². The number of piperazine rings is 1. The van der Waals surface area contributed by atoms with Gasteiger partial charge in [-0.1, -0.05) is 6.92 Å². The lowest BCUT2D eigenvalue weighted by Gasteiger charge is -2.33. The summed E-state index contributed by atoms with van der Waals surface area (Å²) in [6.45, 7) is 9.48. The second-order valence-electron chi connectivity index (χ2n) is 6.08. The lowest BCUT2D eigenvalue weighted by Crippen LogP contribution is -2.46. The number of rotatable bonds is 8. The van der Waals surface area contributed by atoms with Crippen molar-refractivity contribution in [2.45, 2.75) is 19.8 Å². The van der Waals surface area contributed by atoms with Crippen molar-refractivity contribution in [1.29, 1.82) is 0 Å². The molecule has 1 heterocycles. The molecular weight excluding hydrogens is 309 g/mol. The van der Waals surface area contributed by atoms with Crippen LogP contribution >= 0.6 is 0 Å². The number of nitrogens with one attached hydrogen (secondary N) is 1. The first kappa shape index (κ1) is 18.7. The molecular formula is C18H28FN3O2. The van der Waals surface area contributed by atoms with Gasteiger partial charge in [0.15, 0.2) is 0 Å². The highest BCUT2D eigenvalue weighted by Crippen LogP contribution is 2.16. The van der Waals surface area contributed by atoms with Gasteiger partial charge in [0.25, 0.3) is 5.91 Å². The molecule has 0 unspecified atom stereocenters. The van der Waals surface area contributed by atoms with Gasteiger partial charge in [-0.15, -0.1) is 0 Å². The maximum Gasteiger partial charge on any atom is 0.254 e. The molecule has 1 aliphatic heterocycles. The standard InChI is InChI=1S/C18H28FN3O2/c1-3-21-10-12-22(13-11-21)9-5-4-8-20-18(23)16-7-6-15(24-2)14-17(16)19/h6-7,14H,3-5,8-13H2,1-2H3,(H,20,23). The van der Waals surface area contributed by atoms with Crippen LogP contribution in [0.1, 0.15) is 30.1 Å². The SMILES string of the molecule is CCN1CCN(CCCCNC(=O)c2ccc(OC)cc2F)CC1. The van der Waals surface area contributed by atoms with Crippen molar-refractivity contribution in [3.63, 3.8) is 0 Å². The second kappa shape index (κ2) is 9.59. The topological polar surface area (TPSA) is 44.8 Å². The summed E-state index contributed by atoms with van der Waals surface area (Å²) in [5.41, 5.74) is 0.0616. The summed E-state index contributed by atoms with van der Waals surface area (Å²) in [6, 6.07) is 4.27.